The van der Waals surface area contributed by atoms with Gasteiger partial charge in [0, 0.05) is 20.1 Å². The molecule has 0 spiro atoms. The molecule has 120 valence electrons. The van der Waals surface area contributed by atoms with Gasteiger partial charge in [-0.2, -0.15) is 0 Å². The number of benzene rings is 2. The van der Waals surface area contributed by atoms with Crippen LogP contribution in [0.25, 0.3) is 0 Å². The van der Waals surface area contributed by atoms with E-state index in [2.05, 4.69) is 46.8 Å². The van der Waals surface area contributed by atoms with Crippen LogP contribution in [0.1, 0.15) is 16.7 Å². The van der Waals surface area contributed by atoms with Gasteiger partial charge in [-0.1, -0.05) is 35.9 Å². The minimum absolute atomic E-state index is 0.298. The molecule has 0 bridgehead atoms. The van der Waals surface area contributed by atoms with E-state index >= 15 is 0 Å². The van der Waals surface area contributed by atoms with Crippen molar-refractivity contribution in [2.24, 2.45) is 4.99 Å². The van der Waals surface area contributed by atoms with E-state index in [1.54, 1.807) is 7.05 Å². The van der Waals surface area contributed by atoms with Crippen LogP contribution in [0.5, 0.6) is 11.5 Å². The van der Waals surface area contributed by atoms with E-state index in [1.807, 2.05) is 18.2 Å². The number of rotatable bonds is 4. The maximum absolute atomic E-state index is 5.39. The molecule has 2 aromatic carbocycles. The van der Waals surface area contributed by atoms with E-state index in [1.165, 1.54) is 11.1 Å². The summed E-state index contributed by atoms with van der Waals surface area (Å²) in [7, 11) is 1.77. The standard InChI is InChI=1S/C18H21N3O2/c1-13-4-3-5-14(8-13)10-20-18(19-2)21-11-15-6-7-16-17(9-15)23-12-22-16/h3-9H,10-12H2,1-2H3,(H2,19,20,21). The highest BCUT2D eigenvalue weighted by Gasteiger charge is 2.13. The zero-order valence-corrected chi connectivity index (χ0v) is 13.4. The van der Waals surface area contributed by atoms with Gasteiger partial charge in [0.05, 0.1) is 0 Å². The second-order valence-electron chi connectivity index (χ2n) is 5.46. The summed E-state index contributed by atoms with van der Waals surface area (Å²) in [6.07, 6.45) is 0. The Labute approximate surface area is 136 Å². The summed E-state index contributed by atoms with van der Waals surface area (Å²) < 4.78 is 10.7. The Morgan fingerprint density at radius 2 is 1.74 bits per heavy atom. The highest BCUT2D eigenvalue weighted by atomic mass is 16.7. The summed E-state index contributed by atoms with van der Waals surface area (Å²) in [6, 6.07) is 14.4. The van der Waals surface area contributed by atoms with E-state index in [0.717, 1.165) is 29.6 Å². The summed E-state index contributed by atoms with van der Waals surface area (Å²) >= 11 is 0. The smallest absolute Gasteiger partial charge is 0.231 e. The molecule has 1 heterocycles. The van der Waals surface area contributed by atoms with Gasteiger partial charge in [0.15, 0.2) is 17.5 Å². The average Bonchev–Trinajstić information content (AvgIpc) is 3.03. The first kappa shape index (κ1) is 15.2. The van der Waals surface area contributed by atoms with Gasteiger partial charge in [0.2, 0.25) is 6.79 Å². The van der Waals surface area contributed by atoms with E-state index in [0.29, 0.717) is 13.3 Å². The van der Waals surface area contributed by atoms with Crippen LogP contribution in [-0.4, -0.2) is 19.8 Å². The topological polar surface area (TPSA) is 54.9 Å². The number of nitrogens with zero attached hydrogens (tertiary/aromatic N) is 1. The normalized spacial score (nSPS) is 13.0. The molecule has 0 unspecified atom stereocenters. The number of hydrogen-bond donors (Lipinski definition) is 2. The fourth-order valence-corrected chi connectivity index (χ4v) is 2.47. The second-order valence-corrected chi connectivity index (χ2v) is 5.46. The minimum Gasteiger partial charge on any atom is -0.454 e. The highest BCUT2D eigenvalue weighted by molar-refractivity contribution is 5.79. The Balaban J connectivity index is 1.53. The molecule has 0 aromatic heterocycles. The molecule has 5 heteroatoms. The minimum atomic E-state index is 0.298. The maximum Gasteiger partial charge on any atom is 0.231 e. The third-order valence-electron chi connectivity index (χ3n) is 3.66. The molecule has 23 heavy (non-hydrogen) atoms. The molecule has 0 amide bonds. The van der Waals surface area contributed by atoms with Crippen molar-refractivity contribution in [2.75, 3.05) is 13.8 Å². The zero-order chi connectivity index (χ0) is 16.1. The third kappa shape index (κ3) is 3.94. The first-order chi connectivity index (χ1) is 11.2. The summed E-state index contributed by atoms with van der Waals surface area (Å²) in [4.78, 5) is 4.25. The molecule has 1 aliphatic heterocycles. The predicted octanol–water partition coefficient (Wildman–Crippen LogP) is 2.59. The molecule has 1 aliphatic rings. The van der Waals surface area contributed by atoms with E-state index in [9.17, 15) is 0 Å². The largest absolute Gasteiger partial charge is 0.454 e. The summed E-state index contributed by atoms with van der Waals surface area (Å²) in [5, 5.41) is 6.62. The van der Waals surface area contributed by atoms with Crippen LogP contribution in [0.3, 0.4) is 0 Å². The number of hydrogen-bond acceptors (Lipinski definition) is 3. The Kier molecular flexibility index (Phi) is 4.66. The molecule has 0 radical (unpaired) electrons. The number of guanidine groups is 1. The number of aliphatic imine (C=N–C) groups is 1. The van der Waals surface area contributed by atoms with E-state index in [-0.39, 0.29) is 0 Å². The molecule has 0 fully saturated rings. The first-order valence-corrected chi connectivity index (χ1v) is 7.63. The van der Waals surface area contributed by atoms with Crippen molar-refractivity contribution in [3.05, 3.63) is 59.2 Å². The lowest BCUT2D eigenvalue weighted by molar-refractivity contribution is 0.174. The Morgan fingerprint density at radius 1 is 1.00 bits per heavy atom. The van der Waals surface area contributed by atoms with Crippen molar-refractivity contribution >= 4 is 5.96 Å². The molecule has 2 N–H and O–H groups in total. The molecular weight excluding hydrogens is 290 g/mol. The second kappa shape index (κ2) is 7.05. The van der Waals surface area contributed by atoms with Crippen LogP contribution in [0.15, 0.2) is 47.5 Å². The summed E-state index contributed by atoms with van der Waals surface area (Å²) in [5.41, 5.74) is 3.61. The van der Waals surface area contributed by atoms with Crippen LogP contribution >= 0.6 is 0 Å². The zero-order valence-electron chi connectivity index (χ0n) is 13.4. The van der Waals surface area contributed by atoms with Crippen molar-refractivity contribution in [1.82, 2.24) is 10.6 Å². The van der Waals surface area contributed by atoms with Gasteiger partial charge in [-0.15, -0.1) is 0 Å². The van der Waals surface area contributed by atoms with Gasteiger partial charge >= 0.3 is 0 Å². The molecular formula is C18H21N3O2. The molecule has 0 atom stereocenters. The van der Waals surface area contributed by atoms with Gasteiger partial charge in [-0.3, -0.25) is 4.99 Å². The number of ether oxygens (including phenoxy) is 2. The van der Waals surface area contributed by atoms with Crippen molar-refractivity contribution in [3.8, 4) is 11.5 Å². The van der Waals surface area contributed by atoms with E-state index in [4.69, 9.17) is 9.47 Å². The lowest BCUT2D eigenvalue weighted by Crippen LogP contribution is -2.36. The van der Waals surface area contributed by atoms with Crippen molar-refractivity contribution < 1.29 is 9.47 Å². The van der Waals surface area contributed by atoms with Crippen molar-refractivity contribution in [2.45, 2.75) is 20.0 Å². The average molecular weight is 311 g/mol. The summed E-state index contributed by atoms with van der Waals surface area (Å²) in [6.45, 7) is 3.80. The van der Waals surface area contributed by atoms with Crippen LogP contribution in [0.4, 0.5) is 0 Å². The van der Waals surface area contributed by atoms with Gasteiger partial charge in [-0.05, 0) is 30.2 Å². The highest BCUT2D eigenvalue weighted by Crippen LogP contribution is 2.32. The lowest BCUT2D eigenvalue weighted by Gasteiger charge is -2.12. The Bertz CT molecular complexity index is 713. The first-order valence-electron chi connectivity index (χ1n) is 7.63. The van der Waals surface area contributed by atoms with Gasteiger partial charge < -0.3 is 20.1 Å². The fraction of sp³-hybridized carbons (Fsp3) is 0.278. The lowest BCUT2D eigenvalue weighted by atomic mass is 10.1. The Morgan fingerprint density at radius 3 is 2.48 bits per heavy atom. The van der Waals surface area contributed by atoms with Gasteiger partial charge in [0.1, 0.15) is 0 Å². The molecule has 0 aliphatic carbocycles. The molecule has 0 saturated carbocycles. The van der Waals surface area contributed by atoms with Gasteiger partial charge in [0.25, 0.3) is 0 Å². The number of fused-ring (bicyclic) bond motifs is 1. The van der Waals surface area contributed by atoms with Crippen molar-refractivity contribution in [3.63, 3.8) is 0 Å². The molecule has 0 saturated heterocycles. The van der Waals surface area contributed by atoms with Crippen LogP contribution in [0, 0.1) is 6.92 Å². The molecule has 2 aromatic rings. The Hall–Kier alpha value is -2.69. The van der Waals surface area contributed by atoms with Gasteiger partial charge in [-0.25, -0.2) is 0 Å². The third-order valence-corrected chi connectivity index (χ3v) is 3.66. The summed E-state index contributed by atoms with van der Waals surface area (Å²) in [5.74, 6) is 2.37. The van der Waals surface area contributed by atoms with Crippen LogP contribution in [0.2, 0.25) is 0 Å². The molecule has 3 rings (SSSR count). The van der Waals surface area contributed by atoms with Crippen LogP contribution in [-0.2, 0) is 13.1 Å². The quantitative estimate of drug-likeness (QED) is 0.673. The fourth-order valence-electron chi connectivity index (χ4n) is 2.47. The van der Waals surface area contributed by atoms with Crippen LogP contribution < -0.4 is 20.1 Å². The van der Waals surface area contributed by atoms with Crippen molar-refractivity contribution in [1.29, 1.82) is 0 Å². The predicted molar refractivity (Wildman–Crippen MR) is 90.8 cm³/mol. The monoisotopic (exact) mass is 311 g/mol. The number of aryl methyl sites for hydroxylation is 1. The molecule has 5 nitrogen and oxygen atoms in total. The van der Waals surface area contributed by atoms with E-state index < -0.39 is 0 Å². The number of nitrogens with one attached hydrogen (secondary N) is 2. The maximum atomic E-state index is 5.39. The SMILES string of the molecule is CN=C(NCc1cccc(C)c1)NCc1ccc2c(c1)OCO2.